The van der Waals surface area contributed by atoms with Gasteiger partial charge in [0, 0.05) is 73.6 Å². The lowest BCUT2D eigenvalue weighted by Crippen LogP contribution is -2.58. The number of β-amino-alcohol motifs (C(OH)–C–C–N with tert-alkyl or cyclic N) is 1. The van der Waals surface area contributed by atoms with E-state index < -0.39 is 58.6 Å². The minimum absolute atomic E-state index is 0.0243. The van der Waals surface area contributed by atoms with Gasteiger partial charge in [-0.25, -0.2) is 13.8 Å². The van der Waals surface area contributed by atoms with E-state index in [-0.39, 0.29) is 101 Å². The summed E-state index contributed by atoms with van der Waals surface area (Å²) in [6.45, 7) is 12.4. The van der Waals surface area contributed by atoms with E-state index in [0.29, 0.717) is 30.0 Å². The van der Waals surface area contributed by atoms with E-state index in [2.05, 4.69) is 36.2 Å². The fraction of sp³-hybridized carbons (Fsp3) is 0.519. The van der Waals surface area contributed by atoms with E-state index >= 15 is 0 Å². The van der Waals surface area contributed by atoms with E-state index in [0.717, 1.165) is 27.3 Å². The molecule has 2 aromatic carbocycles. The molecule has 21 heteroatoms. The first-order valence-corrected chi connectivity index (χ1v) is 26.5. The number of carbonyl (C=O) groups excluding carboxylic acids is 5. The Morgan fingerprint density at radius 3 is 2.33 bits per heavy atom. The Bertz CT molecular complexity index is 2880. The van der Waals surface area contributed by atoms with Crippen molar-refractivity contribution in [1.29, 1.82) is 0 Å². The number of aryl methyl sites for hydroxylation is 1. The van der Waals surface area contributed by atoms with Gasteiger partial charge in [0.05, 0.1) is 79.0 Å². The molecular formula is C54H66F2N10O8S. The normalized spacial score (nSPS) is 22.1. The number of nitrogens with one attached hydrogen (secondary N) is 4. The topological polar surface area (TPSA) is 226 Å². The Hall–Kier alpha value is -6.42. The standard InChI is InChI=1S/C54H66F2N10O8S/c1-31(33-12-14-35(15-13-33)47-32(2)57-30-75-47)59-49(70)41-22-38(67)29-65(41)51(72)48(52(3,4)5)61-43(68)16-18-73-20-21-74-19-17-44(69)64-26-36(27-64)46(34-10-8-7-9-11-34)66-28-37(25-58-66)60-50(71)45-39-23-42-53(6,54(42,55)56)24-40(39)62-63-45/h7-15,25,28,30-31,36,38,41-42,46,48,67H,16-24,26-27,29H2,1-6H3,(H,59,70)(H,60,71)(H,61,68)(H,62,63)/t31-,38+,41-,42-,46+,48?,53+/m0/s1. The van der Waals surface area contributed by atoms with Gasteiger partial charge in [0.1, 0.15) is 12.1 Å². The van der Waals surface area contributed by atoms with Crippen molar-refractivity contribution in [3.05, 3.63) is 106 Å². The predicted molar refractivity (Wildman–Crippen MR) is 275 cm³/mol. The zero-order valence-corrected chi connectivity index (χ0v) is 43.9. The van der Waals surface area contributed by atoms with Crippen LogP contribution in [0.15, 0.2) is 72.5 Å². The molecule has 1 saturated carbocycles. The van der Waals surface area contributed by atoms with Crippen LogP contribution in [-0.2, 0) is 41.5 Å². The Kier molecular flexibility index (Phi) is 15.4. The fourth-order valence-electron chi connectivity index (χ4n) is 10.8. The lowest BCUT2D eigenvalue weighted by molar-refractivity contribution is -0.144. The summed E-state index contributed by atoms with van der Waals surface area (Å²) in [5.41, 5.74) is 5.48. The van der Waals surface area contributed by atoms with Crippen LogP contribution >= 0.6 is 11.3 Å². The van der Waals surface area contributed by atoms with Crippen LogP contribution in [0.25, 0.3) is 10.4 Å². The largest absolute Gasteiger partial charge is 0.391 e. The summed E-state index contributed by atoms with van der Waals surface area (Å²) in [7, 11) is 0. The van der Waals surface area contributed by atoms with Crippen molar-refractivity contribution in [1.82, 2.24) is 45.4 Å². The number of alkyl halides is 2. The molecule has 5 amide bonds. The van der Waals surface area contributed by atoms with Crippen molar-refractivity contribution in [3.63, 3.8) is 0 Å². The van der Waals surface area contributed by atoms with Gasteiger partial charge in [0.15, 0.2) is 5.69 Å². The van der Waals surface area contributed by atoms with Crippen molar-refractivity contribution in [2.45, 2.75) is 110 Å². The smallest absolute Gasteiger partial charge is 0.276 e. The molecule has 0 spiro atoms. The molecule has 5 heterocycles. The lowest BCUT2D eigenvalue weighted by atomic mass is 9.85. The second kappa shape index (κ2) is 21.7. The molecule has 3 aromatic heterocycles. The first-order chi connectivity index (χ1) is 35.7. The Balaban J connectivity index is 0.682. The Labute approximate surface area is 438 Å². The molecule has 7 atom stereocenters. The number of likely N-dealkylation sites (tertiary alicyclic amines) is 2. The van der Waals surface area contributed by atoms with Crippen molar-refractivity contribution in [2.75, 3.05) is 51.4 Å². The van der Waals surface area contributed by atoms with Crippen LogP contribution in [0.1, 0.15) is 105 Å². The molecule has 0 radical (unpaired) electrons. The van der Waals surface area contributed by atoms with Crippen molar-refractivity contribution < 1.29 is 47.3 Å². The summed E-state index contributed by atoms with van der Waals surface area (Å²) in [5, 5.41) is 31.0. The summed E-state index contributed by atoms with van der Waals surface area (Å²) >= 11 is 1.56. The average molecular weight is 1050 g/mol. The third kappa shape index (κ3) is 11.3. The molecule has 4 aliphatic rings. The monoisotopic (exact) mass is 1050 g/mol. The number of aliphatic hydroxyl groups excluding tert-OH is 1. The number of thiazole rings is 1. The molecule has 2 saturated heterocycles. The molecule has 1 unspecified atom stereocenters. The minimum Gasteiger partial charge on any atom is -0.391 e. The molecule has 400 valence electrons. The third-order valence-electron chi connectivity index (χ3n) is 15.4. The highest BCUT2D eigenvalue weighted by molar-refractivity contribution is 7.13. The first kappa shape index (κ1) is 53.4. The molecule has 5 aromatic rings. The van der Waals surface area contributed by atoms with Crippen LogP contribution in [0.4, 0.5) is 14.5 Å². The number of hydrogen-bond acceptors (Lipinski definition) is 12. The highest BCUT2D eigenvalue weighted by atomic mass is 32.1. The highest BCUT2D eigenvalue weighted by Gasteiger charge is 2.78. The van der Waals surface area contributed by atoms with Gasteiger partial charge < -0.3 is 40.3 Å². The number of aromatic nitrogens is 5. The number of ether oxygens (including phenoxy) is 2. The van der Waals surface area contributed by atoms with Crippen molar-refractivity contribution in [3.8, 4) is 10.4 Å². The van der Waals surface area contributed by atoms with Gasteiger partial charge in [-0.2, -0.15) is 10.2 Å². The van der Waals surface area contributed by atoms with Crippen LogP contribution in [-0.4, -0.2) is 140 Å². The third-order valence-corrected chi connectivity index (χ3v) is 16.3. The number of fused-ring (bicyclic) bond motifs is 2. The molecule has 2 aliphatic carbocycles. The van der Waals surface area contributed by atoms with Crippen LogP contribution in [0, 0.1) is 29.6 Å². The zero-order valence-electron chi connectivity index (χ0n) is 43.1. The van der Waals surface area contributed by atoms with E-state index in [1.807, 2.05) is 89.2 Å². The van der Waals surface area contributed by atoms with Crippen LogP contribution in [0.3, 0.4) is 0 Å². The number of rotatable bonds is 20. The first-order valence-electron chi connectivity index (χ1n) is 25.6. The molecular weight excluding hydrogens is 987 g/mol. The van der Waals surface area contributed by atoms with Gasteiger partial charge in [0.2, 0.25) is 23.6 Å². The molecule has 5 N–H and O–H groups in total. The van der Waals surface area contributed by atoms with Crippen LogP contribution < -0.4 is 16.0 Å². The maximum atomic E-state index is 14.5. The minimum atomic E-state index is -2.77. The summed E-state index contributed by atoms with van der Waals surface area (Å²) in [6.07, 6.45) is 2.81. The van der Waals surface area contributed by atoms with E-state index in [4.69, 9.17) is 9.47 Å². The zero-order chi connectivity index (χ0) is 53.4. The number of benzene rings is 2. The number of nitrogens with zero attached hydrogens (tertiary/aromatic N) is 6. The molecule has 0 bridgehead atoms. The van der Waals surface area contributed by atoms with Gasteiger partial charge in [-0.3, -0.25) is 33.8 Å². The second-order valence-corrected chi connectivity index (χ2v) is 22.5. The number of anilines is 1. The van der Waals surface area contributed by atoms with E-state index in [9.17, 15) is 37.9 Å². The molecule has 9 rings (SSSR count). The quantitative estimate of drug-likeness (QED) is 0.0578. The predicted octanol–water partition coefficient (Wildman–Crippen LogP) is 5.89. The molecule has 75 heavy (non-hydrogen) atoms. The van der Waals surface area contributed by atoms with Gasteiger partial charge in [-0.15, -0.1) is 11.3 Å². The van der Waals surface area contributed by atoms with E-state index in [1.165, 1.54) is 11.1 Å². The Morgan fingerprint density at radius 2 is 1.65 bits per heavy atom. The number of halogens is 2. The molecule has 2 aliphatic heterocycles. The van der Waals surface area contributed by atoms with E-state index in [1.54, 1.807) is 39.5 Å². The van der Waals surface area contributed by atoms with Gasteiger partial charge in [-0.1, -0.05) is 82.3 Å². The number of H-pyrrole nitrogens is 1. The summed E-state index contributed by atoms with van der Waals surface area (Å²) in [5.74, 6) is -5.37. The number of carbonyl (C=O) groups is 5. The second-order valence-electron chi connectivity index (χ2n) is 21.7. The van der Waals surface area contributed by atoms with Gasteiger partial charge >= 0.3 is 0 Å². The Morgan fingerprint density at radius 1 is 0.947 bits per heavy atom. The number of aliphatic hydroxyl groups is 1. The van der Waals surface area contributed by atoms with Crippen LogP contribution in [0.5, 0.6) is 0 Å². The van der Waals surface area contributed by atoms with Gasteiger partial charge in [0.25, 0.3) is 11.8 Å². The molecule has 3 fully saturated rings. The fourth-order valence-corrected chi connectivity index (χ4v) is 11.6. The summed E-state index contributed by atoms with van der Waals surface area (Å²) in [6, 6.07) is 15.2. The van der Waals surface area contributed by atoms with Gasteiger partial charge in [-0.05, 0) is 42.4 Å². The number of amides is 5. The number of aromatic amines is 1. The average Bonchev–Trinajstić information content (AvgIpc) is 4.18. The highest BCUT2D eigenvalue weighted by Crippen LogP contribution is 2.70. The maximum absolute atomic E-state index is 14.5. The lowest BCUT2D eigenvalue weighted by Gasteiger charge is -2.43. The van der Waals surface area contributed by atoms with Crippen molar-refractivity contribution >= 4 is 46.6 Å². The maximum Gasteiger partial charge on any atom is 0.276 e. The van der Waals surface area contributed by atoms with Crippen LogP contribution in [0.2, 0.25) is 0 Å². The summed E-state index contributed by atoms with van der Waals surface area (Å²) in [4.78, 5) is 76.1. The molecule has 18 nitrogen and oxygen atoms in total. The number of hydrogen-bond donors (Lipinski definition) is 5. The summed E-state index contributed by atoms with van der Waals surface area (Å²) < 4.78 is 42.1. The SMILES string of the molecule is Cc1ncsc1-c1ccc([C@H](C)NC(=O)[C@@H]2C[C@@H](O)CN2C(=O)C(NC(=O)CCOCCOCCC(=O)N2CC([C@@H](c3ccccc3)n3cc(NC(=O)c4n[nH]c5c4C[C@@H]4C(F)(F)[C@]4(C)C5)cn3)C2)C(C)(C)C)cc1. The van der Waals surface area contributed by atoms with Crippen molar-refractivity contribution in [2.24, 2.45) is 22.7 Å².